The number of thioether (sulfide) groups is 1. The van der Waals surface area contributed by atoms with Gasteiger partial charge in [-0.3, -0.25) is 4.99 Å². The number of aryl methyl sites for hydroxylation is 1. The minimum Gasteiger partial charge on any atom is -0.354 e. The van der Waals surface area contributed by atoms with Gasteiger partial charge in [-0.25, -0.2) is 0 Å². The van der Waals surface area contributed by atoms with E-state index in [-0.39, 0.29) is 0 Å². The van der Waals surface area contributed by atoms with E-state index in [9.17, 15) is 0 Å². The van der Waals surface area contributed by atoms with E-state index in [0.29, 0.717) is 6.04 Å². The second kappa shape index (κ2) is 7.93. The summed E-state index contributed by atoms with van der Waals surface area (Å²) in [6, 6.07) is 5.01. The number of guanidine groups is 1. The second-order valence-corrected chi connectivity index (χ2v) is 7.55. The van der Waals surface area contributed by atoms with Gasteiger partial charge in [-0.15, -0.1) is 11.3 Å². The van der Waals surface area contributed by atoms with Crippen LogP contribution in [0.2, 0.25) is 0 Å². The van der Waals surface area contributed by atoms with Gasteiger partial charge in [-0.1, -0.05) is 6.92 Å². The number of thiophene rings is 1. The zero-order valence-electron chi connectivity index (χ0n) is 12.6. The van der Waals surface area contributed by atoms with Crippen LogP contribution in [0.5, 0.6) is 0 Å². The second-order valence-electron chi connectivity index (χ2n) is 5.16. The average molecular weight is 312 g/mol. The predicted octanol–water partition coefficient (Wildman–Crippen LogP) is 3.26. The fraction of sp³-hybridized carbons (Fsp3) is 0.667. The van der Waals surface area contributed by atoms with Gasteiger partial charge in [0.1, 0.15) is 0 Å². The SMILES string of the molecule is CCc1ccc(CNC(=NC)NC2CCC(SC)C2)s1. The summed E-state index contributed by atoms with van der Waals surface area (Å²) < 4.78 is 0. The van der Waals surface area contributed by atoms with Crippen LogP contribution in [-0.2, 0) is 13.0 Å². The molecule has 20 heavy (non-hydrogen) atoms. The van der Waals surface area contributed by atoms with Crippen LogP contribution < -0.4 is 10.6 Å². The molecule has 0 aromatic carbocycles. The largest absolute Gasteiger partial charge is 0.354 e. The lowest BCUT2D eigenvalue weighted by Crippen LogP contribution is -2.42. The Balaban J connectivity index is 1.78. The molecule has 0 aliphatic heterocycles. The Bertz CT molecular complexity index is 442. The normalized spacial score (nSPS) is 23.1. The van der Waals surface area contributed by atoms with Gasteiger partial charge in [-0.2, -0.15) is 11.8 Å². The number of rotatable bonds is 5. The lowest BCUT2D eigenvalue weighted by Gasteiger charge is -2.17. The third-order valence-corrected chi connectivity index (χ3v) is 6.10. The van der Waals surface area contributed by atoms with E-state index in [2.05, 4.69) is 40.9 Å². The van der Waals surface area contributed by atoms with Crippen molar-refractivity contribution >= 4 is 29.1 Å². The molecule has 2 atom stereocenters. The molecule has 1 aromatic heterocycles. The molecule has 1 aliphatic carbocycles. The van der Waals surface area contributed by atoms with Crippen molar-refractivity contribution in [1.82, 2.24) is 10.6 Å². The molecular weight excluding hydrogens is 286 g/mol. The summed E-state index contributed by atoms with van der Waals surface area (Å²) in [5, 5.41) is 7.79. The molecule has 0 saturated heterocycles. The maximum atomic E-state index is 4.34. The molecule has 2 rings (SSSR count). The molecule has 5 heteroatoms. The van der Waals surface area contributed by atoms with Crippen molar-refractivity contribution in [2.75, 3.05) is 13.3 Å². The smallest absolute Gasteiger partial charge is 0.191 e. The van der Waals surface area contributed by atoms with E-state index in [4.69, 9.17) is 0 Å². The van der Waals surface area contributed by atoms with Gasteiger partial charge in [0.2, 0.25) is 0 Å². The van der Waals surface area contributed by atoms with E-state index in [1.54, 1.807) is 0 Å². The number of hydrogen-bond donors (Lipinski definition) is 2. The lowest BCUT2D eigenvalue weighted by molar-refractivity contribution is 0.615. The highest BCUT2D eigenvalue weighted by Crippen LogP contribution is 2.28. The number of aliphatic imine (C=N–C) groups is 1. The minimum absolute atomic E-state index is 0.577. The maximum absolute atomic E-state index is 4.34. The molecule has 0 radical (unpaired) electrons. The predicted molar refractivity (Wildman–Crippen MR) is 92.0 cm³/mol. The van der Waals surface area contributed by atoms with Gasteiger partial charge in [0.15, 0.2) is 5.96 Å². The van der Waals surface area contributed by atoms with Crippen molar-refractivity contribution in [1.29, 1.82) is 0 Å². The first-order valence-electron chi connectivity index (χ1n) is 7.32. The first-order valence-corrected chi connectivity index (χ1v) is 9.43. The fourth-order valence-electron chi connectivity index (χ4n) is 2.55. The Morgan fingerprint density at radius 2 is 2.20 bits per heavy atom. The summed E-state index contributed by atoms with van der Waals surface area (Å²) >= 11 is 3.87. The van der Waals surface area contributed by atoms with Crippen LogP contribution in [0.1, 0.15) is 35.9 Å². The molecule has 1 aromatic rings. The van der Waals surface area contributed by atoms with Gasteiger partial charge in [0.05, 0.1) is 6.54 Å². The van der Waals surface area contributed by atoms with Gasteiger partial charge >= 0.3 is 0 Å². The van der Waals surface area contributed by atoms with Gasteiger partial charge in [0.25, 0.3) is 0 Å². The summed E-state index contributed by atoms with van der Waals surface area (Å²) in [6.07, 6.45) is 7.16. The van der Waals surface area contributed by atoms with E-state index in [1.165, 1.54) is 29.0 Å². The lowest BCUT2D eigenvalue weighted by atomic mass is 10.2. The van der Waals surface area contributed by atoms with Gasteiger partial charge < -0.3 is 10.6 Å². The zero-order valence-corrected chi connectivity index (χ0v) is 14.2. The van der Waals surface area contributed by atoms with E-state index < -0.39 is 0 Å². The number of hydrogen-bond acceptors (Lipinski definition) is 3. The van der Waals surface area contributed by atoms with E-state index in [0.717, 1.165) is 24.2 Å². The Morgan fingerprint density at radius 3 is 2.80 bits per heavy atom. The summed E-state index contributed by atoms with van der Waals surface area (Å²) in [6.45, 7) is 3.06. The van der Waals surface area contributed by atoms with Crippen LogP contribution in [0, 0.1) is 0 Å². The summed E-state index contributed by atoms with van der Waals surface area (Å²) in [4.78, 5) is 7.16. The molecule has 112 valence electrons. The molecule has 0 spiro atoms. The van der Waals surface area contributed by atoms with Gasteiger partial charge in [-0.05, 0) is 44.1 Å². The van der Waals surface area contributed by atoms with Crippen LogP contribution in [-0.4, -0.2) is 30.6 Å². The van der Waals surface area contributed by atoms with Crippen LogP contribution in [0.25, 0.3) is 0 Å². The molecular formula is C15H25N3S2. The molecule has 0 bridgehead atoms. The third kappa shape index (κ3) is 4.42. The van der Waals surface area contributed by atoms with Crippen molar-refractivity contribution in [3.63, 3.8) is 0 Å². The summed E-state index contributed by atoms with van der Waals surface area (Å²) in [5.41, 5.74) is 0. The fourth-order valence-corrected chi connectivity index (χ4v) is 4.25. The van der Waals surface area contributed by atoms with Crippen molar-refractivity contribution in [3.05, 3.63) is 21.9 Å². The molecule has 1 heterocycles. The number of nitrogens with zero attached hydrogens (tertiary/aromatic N) is 1. The summed E-state index contributed by atoms with van der Waals surface area (Å²) in [5.74, 6) is 0.934. The molecule has 1 saturated carbocycles. The zero-order chi connectivity index (χ0) is 14.4. The number of nitrogens with one attached hydrogen (secondary N) is 2. The van der Waals surface area contributed by atoms with Gasteiger partial charge in [0, 0.05) is 28.1 Å². The highest BCUT2D eigenvalue weighted by molar-refractivity contribution is 7.99. The average Bonchev–Trinajstić information content (AvgIpc) is 3.12. The van der Waals surface area contributed by atoms with Crippen molar-refractivity contribution < 1.29 is 0 Å². The Hall–Kier alpha value is -0.680. The molecule has 1 fully saturated rings. The Kier molecular flexibility index (Phi) is 6.23. The highest BCUT2D eigenvalue weighted by Gasteiger charge is 2.24. The molecule has 2 unspecified atom stereocenters. The monoisotopic (exact) mass is 311 g/mol. The maximum Gasteiger partial charge on any atom is 0.191 e. The van der Waals surface area contributed by atoms with Crippen LogP contribution in [0.15, 0.2) is 17.1 Å². The molecule has 3 nitrogen and oxygen atoms in total. The van der Waals surface area contributed by atoms with Crippen molar-refractivity contribution in [2.24, 2.45) is 4.99 Å². The summed E-state index contributed by atoms with van der Waals surface area (Å²) in [7, 11) is 1.85. The minimum atomic E-state index is 0.577. The third-order valence-electron chi connectivity index (χ3n) is 3.78. The Morgan fingerprint density at radius 1 is 1.40 bits per heavy atom. The quantitative estimate of drug-likeness (QED) is 0.647. The van der Waals surface area contributed by atoms with Crippen LogP contribution in [0.4, 0.5) is 0 Å². The van der Waals surface area contributed by atoms with Crippen LogP contribution in [0.3, 0.4) is 0 Å². The van der Waals surface area contributed by atoms with E-state index in [1.807, 2.05) is 30.1 Å². The van der Waals surface area contributed by atoms with Crippen LogP contribution >= 0.6 is 23.1 Å². The van der Waals surface area contributed by atoms with Crippen molar-refractivity contribution in [3.8, 4) is 0 Å². The Labute approximate surface area is 130 Å². The van der Waals surface area contributed by atoms with E-state index >= 15 is 0 Å². The molecule has 0 amide bonds. The first-order chi connectivity index (χ1) is 9.75. The standard InChI is InChI=1S/C15H25N3S2/c1-4-12-7-8-14(20-12)10-17-15(16-2)18-11-5-6-13(9-11)19-3/h7-8,11,13H,4-6,9-10H2,1-3H3,(H2,16,17,18). The highest BCUT2D eigenvalue weighted by atomic mass is 32.2. The molecule has 1 aliphatic rings. The first kappa shape index (κ1) is 15.7. The van der Waals surface area contributed by atoms with Crippen molar-refractivity contribution in [2.45, 2.75) is 50.4 Å². The topological polar surface area (TPSA) is 36.4 Å². The molecule has 2 N–H and O–H groups in total.